The maximum absolute atomic E-state index is 12.0. The second kappa shape index (κ2) is 9.17. The number of ether oxygens (including phenoxy) is 2. The molecular formula is C26H31N3O4. The van der Waals surface area contributed by atoms with E-state index in [4.69, 9.17) is 9.47 Å². The summed E-state index contributed by atoms with van der Waals surface area (Å²) in [6.45, 7) is 5.14. The van der Waals surface area contributed by atoms with Crippen LogP contribution >= 0.6 is 0 Å². The highest BCUT2D eigenvalue weighted by Gasteiger charge is 2.34. The first-order valence-corrected chi connectivity index (χ1v) is 11.6. The lowest BCUT2D eigenvalue weighted by Crippen LogP contribution is -2.53. The number of rotatable bonds is 7. The first-order valence-electron chi connectivity index (χ1n) is 11.6. The summed E-state index contributed by atoms with van der Waals surface area (Å²) in [4.78, 5) is 17.8. The van der Waals surface area contributed by atoms with Crippen molar-refractivity contribution in [3.8, 4) is 5.75 Å². The number of aromatic nitrogens is 1. The second-order valence-electron chi connectivity index (χ2n) is 9.14. The van der Waals surface area contributed by atoms with E-state index in [1.54, 1.807) is 19.2 Å². The Morgan fingerprint density at radius 1 is 1.27 bits per heavy atom. The van der Waals surface area contributed by atoms with Gasteiger partial charge < -0.3 is 24.9 Å². The lowest BCUT2D eigenvalue weighted by atomic mass is 9.88. The molecule has 174 valence electrons. The Kier molecular flexibility index (Phi) is 6.10. The Labute approximate surface area is 193 Å². The normalized spacial score (nSPS) is 21.8. The molecule has 33 heavy (non-hydrogen) atoms. The topological polar surface area (TPSA) is 86.8 Å². The molecule has 0 spiro atoms. The van der Waals surface area contributed by atoms with Crippen LogP contribution in [0.25, 0.3) is 10.9 Å². The number of methoxy groups -OCH3 is 1. The second-order valence-corrected chi connectivity index (χ2v) is 9.14. The number of H-pyrrole nitrogens is 1. The molecule has 2 aromatic carbocycles. The number of hydrogen-bond acceptors (Lipinski definition) is 5. The zero-order chi connectivity index (χ0) is 22.9. The maximum atomic E-state index is 12.0. The SMILES string of the molecule is COc1cc(C)c2[nH]ccc2c1CN1CC[C@H](NC2COC2)C[C@@H]1c1ccccc1C(=O)O. The molecule has 0 saturated carbocycles. The molecule has 2 aliphatic rings. The Morgan fingerprint density at radius 3 is 2.82 bits per heavy atom. The average Bonchev–Trinajstić information content (AvgIpc) is 3.29. The van der Waals surface area contributed by atoms with E-state index >= 15 is 0 Å². The van der Waals surface area contributed by atoms with Crippen molar-refractivity contribution in [1.29, 1.82) is 0 Å². The van der Waals surface area contributed by atoms with Crippen LogP contribution in [-0.4, -0.2) is 59.9 Å². The molecule has 5 rings (SSSR count). The van der Waals surface area contributed by atoms with E-state index in [0.29, 0.717) is 24.2 Å². The molecule has 2 fully saturated rings. The minimum Gasteiger partial charge on any atom is -0.496 e. The molecule has 0 amide bonds. The van der Waals surface area contributed by atoms with Crippen molar-refractivity contribution in [3.63, 3.8) is 0 Å². The van der Waals surface area contributed by atoms with Gasteiger partial charge in [-0.1, -0.05) is 18.2 Å². The fraction of sp³-hybridized carbons (Fsp3) is 0.423. The van der Waals surface area contributed by atoms with Crippen LogP contribution in [0.2, 0.25) is 0 Å². The highest BCUT2D eigenvalue weighted by Crippen LogP contribution is 2.38. The first-order chi connectivity index (χ1) is 16.0. The summed E-state index contributed by atoms with van der Waals surface area (Å²) in [7, 11) is 1.71. The van der Waals surface area contributed by atoms with Gasteiger partial charge in [-0.25, -0.2) is 4.79 Å². The van der Waals surface area contributed by atoms with E-state index in [9.17, 15) is 9.90 Å². The van der Waals surface area contributed by atoms with Crippen molar-refractivity contribution < 1.29 is 19.4 Å². The number of hydrogen-bond donors (Lipinski definition) is 3. The van der Waals surface area contributed by atoms with Gasteiger partial charge in [-0.3, -0.25) is 4.90 Å². The summed E-state index contributed by atoms with van der Waals surface area (Å²) in [6.07, 6.45) is 3.83. The summed E-state index contributed by atoms with van der Waals surface area (Å²) in [5, 5.41) is 14.8. The molecule has 3 heterocycles. The summed E-state index contributed by atoms with van der Waals surface area (Å²) in [5.74, 6) is -0.00861. The molecule has 0 unspecified atom stereocenters. The fourth-order valence-corrected chi connectivity index (χ4v) is 5.31. The summed E-state index contributed by atoms with van der Waals surface area (Å²) in [6, 6.07) is 12.3. The third-order valence-electron chi connectivity index (χ3n) is 7.07. The quantitative estimate of drug-likeness (QED) is 0.508. The number of benzene rings is 2. The number of aromatic carboxylic acids is 1. The van der Waals surface area contributed by atoms with Gasteiger partial charge in [0, 0.05) is 47.8 Å². The van der Waals surface area contributed by atoms with Gasteiger partial charge in [-0.2, -0.15) is 0 Å². The molecule has 2 atom stereocenters. The third kappa shape index (κ3) is 4.24. The predicted octanol–water partition coefficient (Wildman–Crippen LogP) is 3.88. The zero-order valence-corrected chi connectivity index (χ0v) is 19.1. The van der Waals surface area contributed by atoms with Gasteiger partial charge >= 0.3 is 5.97 Å². The number of nitrogens with one attached hydrogen (secondary N) is 2. The molecular weight excluding hydrogens is 418 g/mol. The van der Waals surface area contributed by atoms with Gasteiger partial charge in [-0.15, -0.1) is 0 Å². The minimum atomic E-state index is -0.881. The molecule has 3 N–H and O–H groups in total. The van der Waals surface area contributed by atoms with Crippen LogP contribution in [-0.2, 0) is 11.3 Å². The zero-order valence-electron chi connectivity index (χ0n) is 19.1. The van der Waals surface area contributed by atoms with Crippen LogP contribution in [0.3, 0.4) is 0 Å². The van der Waals surface area contributed by atoms with E-state index in [2.05, 4.69) is 34.3 Å². The van der Waals surface area contributed by atoms with Crippen molar-refractivity contribution in [3.05, 3.63) is 64.8 Å². The maximum Gasteiger partial charge on any atom is 0.336 e. The average molecular weight is 450 g/mol. The van der Waals surface area contributed by atoms with E-state index in [0.717, 1.165) is 65.9 Å². The molecule has 1 aromatic heterocycles. The molecule has 7 heteroatoms. The number of carboxylic acid groups (broad SMARTS) is 1. The number of carbonyl (C=O) groups is 1. The number of likely N-dealkylation sites (tertiary alicyclic amines) is 1. The van der Waals surface area contributed by atoms with Gasteiger partial charge in [0.2, 0.25) is 0 Å². The van der Waals surface area contributed by atoms with Gasteiger partial charge in [0.15, 0.2) is 0 Å². The number of nitrogens with zero attached hydrogens (tertiary/aromatic N) is 1. The fourth-order valence-electron chi connectivity index (χ4n) is 5.31. The van der Waals surface area contributed by atoms with Crippen molar-refractivity contribution in [2.75, 3.05) is 26.9 Å². The first kappa shape index (κ1) is 21.9. The summed E-state index contributed by atoms with van der Waals surface area (Å²) < 4.78 is 11.1. The predicted molar refractivity (Wildman–Crippen MR) is 127 cm³/mol. The molecule has 0 radical (unpaired) electrons. The van der Waals surface area contributed by atoms with Gasteiger partial charge in [-0.05, 0) is 49.1 Å². The molecule has 7 nitrogen and oxygen atoms in total. The molecule has 3 aromatic rings. The third-order valence-corrected chi connectivity index (χ3v) is 7.07. The van der Waals surface area contributed by atoms with Crippen LogP contribution in [0.4, 0.5) is 0 Å². The lowest BCUT2D eigenvalue weighted by Gasteiger charge is -2.43. The van der Waals surface area contributed by atoms with Crippen molar-refractivity contribution >= 4 is 16.9 Å². The monoisotopic (exact) mass is 449 g/mol. The van der Waals surface area contributed by atoms with Crippen LogP contribution in [0.1, 0.15) is 45.9 Å². The molecule has 2 aliphatic heterocycles. The Morgan fingerprint density at radius 2 is 2.09 bits per heavy atom. The van der Waals surface area contributed by atoms with Crippen LogP contribution < -0.4 is 10.1 Å². The van der Waals surface area contributed by atoms with Crippen molar-refractivity contribution in [2.45, 2.75) is 44.4 Å². The van der Waals surface area contributed by atoms with E-state index in [-0.39, 0.29) is 6.04 Å². The van der Waals surface area contributed by atoms with Gasteiger partial charge in [0.1, 0.15) is 5.75 Å². The lowest BCUT2D eigenvalue weighted by molar-refractivity contribution is -0.0168. The van der Waals surface area contributed by atoms with E-state index in [1.165, 1.54) is 0 Å². The number of piperidine rings is 1. The Hall–Kier alpha value is -2.87. The number of aromatic amines is 1. The van der Waals surface area contributed by atoms with E-state index < -0.39 is 5.97 Å². The van der Waals surface area contributed by atoms with Crippen molar-refractivity contribution in [1.82, 2.24) is 15.2 Å². The smallest absolute Gasteiger partial charge is 0.336 e. The summed E-state index contributed by atoms with van der Waals surface area (Å²) in [5.41, 5.74) is 4.65. The van der Waals surface area contributed by atoms with Gasteiger partial charge in [0.25, 0.3) is 0 Å². The highest BCUT2D eigenvalue weighted by molar-refractivity contribution is 5.90. The number of fused-ring (bicyclic) bond motifs is 1. The van der Waals surface area contributed by atoms with E-state index in [1.807, 2.05) is 18.3 Å². The highest BCUT2D eigenvalue weighted by atomic mass is 16.5. The van der Waals surface area contributed by atoms with Crippen LogP contribution in [0.15, 0.2) is 42.6 Å². The van der Waals surface area contributed by atoms with Gasteiger partial charge in [0.05, 0.1) is 31.9 Å². The standard InChI is InChI=1S/C26H31N3O4/c1-16-11-24(32-2)22(20-7-9-27-25(16)20)13-29-10-8-17(28-18-14-33-15-18)12-23(29)19-5-3-4-6-21(19)26(30)31/h3-7,9,11,17-18,23,27-28H,8,10,12-15H2,1-2H3,(H,30,31)/t17-,23+/m0/s1. The number of carboxylic acids is 1. The molecule has 0 bridgehead atoms. The van der Waals surface area contributed by atoms with Crippen LogP contribution in [0.5, 0.6) is 5.75 Å². The largest absolute Gasteiger partial charge is 0.496 e. The Bertz CT molecular complexity index is 1150. The summed E-state index contributed by atoms with van der Waals surface area (Å²) >= 11 is 0. The minimum absolute atomic E-state index is 0.00968. The number of aryl methyl sites for hydroxylation is 1. The van der Waals surface area contributed by atoms with Crippen molar-refractivity contribution in [2.24, 2.45) is 0 Å². The molecule has 2 saturated heterocycles. The van der Waals surface area contributed by atoms with Crippen LogP contribution in [0, 0.1) is 6.92 Å². The Balaban J connectivity index is 1.51. The molecule has 0 aliphatic carbocycles.